The van der Waals surface area contributed by atoms with E-state index in [1.165, 1.54) is 12.1 Å². The van der Waals surface area contributed by atoms with Crippen molar-refractivity contribution in [2.45, 2.75) is 57.2 Å². The largest absolute Gasteiger partial charge is 0.460 e. The third-order valence-electron chi connectivity index (χ3n) is 4.21. The monoisotopic (exact) mass is 349 g/mol. The van der Waals surface area contributed by atoms with Gasteiger partial charge in [0.05, 0.1) is 0 Å². The lowest BCUT2D eigenvalue weighted by atomic mass is 10.0. The Bertz CT molecular complexity index is 541. The number of halogens is 3. The molecule has 0 saturated heterocycles. The lowest BCUT2D eigenvalue weighted by Gasteiger charge is -2.39. The maximum atomic E-state index is 13.3. The summed E-state index contributed by atoms with van der Waals surface area (Å²) in [6.45, 7) is 9.16. The van der Waals surface area contributed by atoms with Crippen molar-refractivity contribution in [2.75, 3.05) is 0 Å². The third kappa shape index (κ3) is 4.78. The van der Waals surface area contributed by atoms with Gasteiger partial charge in [0.25, 0.3) is 0 Å². The molecule has 1 rings (SSSR count). The average Bonchev–Trinajstić information content (AvgIpc) is 2.35. The van der Waals surface area contributed by atoms with Crippen molar-refractivity contribution in [1.82, 2.24) is 0 Å². The number of rotatable bonds is 5. The molecule has 8 heteroatoms. The maximum Gasteiger partial charge on any atom is 0.460 e. The van der Waals surface area contributed by atoms with Crippen LogP contribution in [-0.4, -0.2) is 25.5 Å². The van der Waals surface area contributed by atoms with E-state index in [1.54, 1.807) is 31.3 Å². The predicted molar refractivity (Wildman–Crippen MR) is 84.3 cm³/mol. The zero-order valence-corrected chi connectivity index (χ0v) is 14.8. The summed E-state index contributed by atoms with van der Waals surface area (Å²) in [6.07, 6.45) is -6.65. The molecular weight excluding hydrogens is 327 g/mol. The molecule has 130 valence electrons. The highest BCUT2D eigenvalue weighted by Crippen LogP contribution is 2.43. The smallest absolute Gasteiger partial charge is 0.403 e. The van der Waals surface area contributed by atoms with Crippen LogP contribution in [0, 0.1) is 10.1 Å². The molecule has 0 N–H and O–H groups in total. The van der Waals surface area contributed by atoms with Crippen LogP contribution in [0.25, 0.3) is 0 Å². The number of nitro groups is 1. The number of alkyl halides is 3. The summed E-state index contributed by atoms with van der Waals surface area (Å²) in [7, 11) is -2.64. The molecule has 0 radical (unpaired) electrons. The summed E-state index contributed by atoms with van der Waals surface area (Å²) in [5.74, 6) is 0. The summed E-state index contributed by atoms with van der Waals surface area (Å²) in [5, 5.41) is 10.7. The van der Waals surface area contributed by atoms with E-state index in [0.29, 0.717) is 0 Å². The van der Waals surface area contributed by atoms with Crippen LogP contribution in [0.15, 0.2) is 30.3 Å². The van der Waals surface area contributed by atoms with Crippen molar-refractivity contribution in [2.24, 2.45) is 0 Å². The van der Waals surface area contributed by atoms with Crippen LogP contribution in [0.4, 0.5) is 13.2 Å². The third-order valence-corrected chi connectivity index (χ3v) is 8.66. The van der Waals surface area contributed by atoms with Gasteiger partial charge in [-0.05, 0) is 23.7 Å². The van der Waals surface area contributed by atoms with Gasteiger partial charge in [0.2, 0.25) is 0 Å². The van der Waals surface area contributed by atoms with Crippen molar-refractivity contribution in [3.63, 3.8) is 0 Å². The normalized spacial score (nSPS) is 16.0. The SMILES string of the molecule is CC(C)(C)[Si](C)(C)O[C@@H](c1ccccc1)[C@H]([N+](=O)[O-])C(F)(F)F. The van der Waals surface area contributed by atoms with Gasteiger partial charge >= 0.3 is 12.2 Å². The molecule has 0 spiro atoms. The second-order valence-corrected chi connectivity index (χ2v) is 11.7. The van der Waals surface area contributed by atoms with E-state index in [1.807, 2.05) is 20.8 Å². The highest BCUT2D eigenvalue weighted by Gasteiger charge is 2.57. The first-order chi connectivity index (χ1) is 10.3. The van der Waals surface area contributed by atoms with Crippen molar-refractivity contribution >= 4 is 8.32 Å². The Balaban J connectivity index is 3.37. The predicted octanol–water partition coefficient (Wildman–Crippen LogP) is 4.96. The second kappa shape index (κ2) is 6.60. The molecule has 4 nitrogen and oxygen atoms in total. The first-order valence-corrected chi connectivity index (χ1v) is 10.1. The maximum absolute atomic E-state index is 13.3. The summed E-state index contributed by atoms with van der Waals surface area (Å²) in [5.41, 5.74) is 0.163. The Morgan fingerprint density at radius 1 is 1.13 bits per heavy atom. The molecule has 1 aromatic rings. The number of hydrogen-bond donors (Lipinski definition) is 0. The highest BCUT2D eigenvalue weighted by atomic mass is 28.4. The van der Waals surface area contributed by atoms with E-state index >= 15 is 0 Å². The molecule has 1 aromatic carbocycles. The minimum absolute atomic E-state index is 0.163. The Morgan fingerprint density at radius 3 is 1.96 bits per heavy atom. The van der Waals surface area contributed by atoms with E-state index in [-0.39, 0.29) is 10.6 Å². The molecule has 0 aliphatic carbocycles. The quantitative estimate of drug-likeness (QED) is 0.429. The molecule has 0 fully saturated rings. The number of benzene rings is 1. The van der Waals surface area contributed by atoms with Gasteiger partial charge in [-0.3, -0.25) is 10.1 Å². The van der Waals surface area contributed by atoms with E-state index in [2.05, 4.69) is 0 Å². The molecule has 0 amide bonds. The topological polar surface area (TPSA) is 52.4 Å². The summed E-state index contributed by atoms with van der Waals surface area (Å²) in [6, 6.07) is 4.80. The summed E-state index contributed by atoms with van der Waals surface area (Å²) in [4.78, 5) is 9.82. The molecule has 0 aliphatic rings. The van der Waals surface area contributed by atoms with Gasteiger partial charge in [-0.25, -0.2) is 0 Å². The zero-order chi connectivity index (χ0) is 18.1. The summed E-state index contributed by atoms with van der Waals surface area (Å²) < 4.78 is 45.6. The summed E-state index contributed by atoms with van der Waals surface area (Å²) >= 11 is 0. The fourth-order valence-electron chi connectivity index (χ4n) is 1.85. The fourth-order valence-corrected chi connectivity index (χ4v) is 3.11. The minimum Gasteiger partial charge on any atom is -0.403 e. The van der Waals surface area contributed by atoms with Crippen LogP contribution < -0.4 is 0 Å². The molecule has 0 unspecified atom stereocenters. The van der Waals surface area contributed by atoms with E-state index in [0.717, 1.165) is 0 Å². The van der Waals surface area contributed by atoms with E-state index in [9.17, 15) is 23.3 Å². The average molecular weight is 349 g/mol. The molecule has 2 atom stereocenters. The van der Waals surface area contributed by atoms with Gasteiger partial charge in [-0.15, -0.1) is 0 Å². The minimum atomic E-state index is -4.99. The Hall–Kier alpha value is -1.41. The molecule has 0 bridgehead atoms. The Morgan fingerprint density at radius 2 is 1.61 bits per heavy atom. The van der Waals surface area contributed by atoms with Gasteiger partial charge in [-0.1, -0.05) is 51.1 Å². The van der Waals surface area contributed by atoms with Crippen molar-refractivity contribution in [1.29, 1.82) is 0 Å². The van der Waals surface area contributed by atoms with Gasteiger partial charge in [-0.2, -0.15) is 13.2 Å². The molecular formula is C15H22F3NO3Si. The van der Waals surface area contributed by atoms with Crippen LogP contribution in [-0.2, 0) is 4.43 Å². The Kier molecular flexibility index (Phi) is 5.64. The Labute approximate surface area is 134 Å². The van der Waals surface area contributed by atoms with Crippen molar-refractivity contribution < 1.29 is 22.5 Å². The molecule has 0 heterocycles. The lowest BCUT2D eigenvalue weighted by molar-refractivity contribution is -0.574. The van der Waals surface area contributed by atoms with Crippen LogP contribution >= 0.6 is 0 Å². The van der Waals surface area contributed by atoms with E-state index in [4.69, 9.17) is 4.43 Å². The van der Waals surface area contributed by atoms with Crippen molar-refractivity contribution in [3.8, 4) is 0 Å². The van der Waals surface area contributed by atoms with Crippen LogP contribution in [0.5, 0.6) is 0 Å². The van der Waals surface area contributed by atoms with Gasteiger partial charge in [0, 0.05) is 4.92 Å². The fraction of sp³-hybridized carbons (Fsp3) is 0.600. The standard InChI is InChI=1S/C15H22F3NO3Si/c1-14(2,3)23(4,5)22-12(11-9-7-6-8-10-11)13(19(20)21)15(16,17)18/h6-10,12-13H,1-5H3/t12-,13-/m0/s1. The molecule has 23 heavy (non-hydrogen) atoms. The first kappa shape index (κ1) is 19.6. The van der Waals surface area contributed by atoms with Crippen molar-refractivity contribution in [3.05, 3.63) is 46.0 Å². The van der Waals surface area contributed by atoms with Gasteiger partial charge in [0.15, 0.2) is 8.32 Å². The molecule has 0 aromatic heterocycles. The van der Waals surface area contributed by atoms with Crippen LogP contribution in [0.1, 0.15) is 32.4 Å². The van der Waals surface area contributed by atoms with Gasteiger partial charge < -0.3 is 4.43 Å². The van der Waals surface area contributed by atoms with Gasteiger partial charge in [0.1, 0.15) is 6.10 Å². The first-order valence-electron chi connectivity index (χ1n) is 7.20. The number of nitrogens with zero attached hydrogens (tertiary/aromatic N) is 1. The second-order valence-electron chi connectivity index (χ2n) is 6.98. The van der Waals surface area contributed by atoms with Crippen LogP contribution in [0.3, 0.4) is 0 Å². The zero-order valence-electron chi connectivity index (χ0n) is 13.8. The van der Waals surface area contributed by atoms with E-state index < -0.39 is 31.6 Å². The molecule has 0 saturated carbocycles. The molecule has 0 aliphatic heterocycles. The van der Waals surface area contributed by atoms with Crippen LogP contribution in [0.2, 0.25) is 18.1 Å². The highest BCUT2D eigenvalue weighted by molar-refractivity contribution is 6.74. The lowest BCUT2D eigenvalue weighted by Crippen LogP contribution is -2.49. The number of hydrogen-bond acceptors (Lipinski definition) is 3.